The minimum Gasteiger partial charge on any atom is -0.491 e. The summed E-state index contributed by atoms with van der Waals surface area (Å²) in [6, 6.07) is 15.6. The molecule has 0 atom stereocenters. The van der Waals surface area contributed by atoms with Crippen molar-refractivity contribution in [2.24, 2.45) is 0 Å². The highest BCUT2D eigenvalue weighted by Crippen LogP contribution is 2.37. The van der Waals surface area contributed by atoms with E-state index in [9.17, 15) is 0 Å². The number of hydrogen-bond donors (Lipinski definition) is 0. The summed E-state index contributed by atoms with van der Waals surface area (Å²) in [5.41, 5.74) is 0.362. The van der Waals surface area contributed by atoms with Crippen molar-refractivity contribution < 1.29 is 37.6 Å². The molecule has 2 aromatic rings. The Hall–Kier alpha value is -2.07. The first-order valence-electron chi connectivity index (χ1n) is 14.1. The van der Waals surface area contributed by atoms with Gasteiger partial charge in [0.25, 0.3) is 0 Å². The van der Waals surface area contributed by atoms with Crippen LogP contribution in [0, 0.1) is 0 Å². The van der Waals surface area contributed by atoms with E-state index in [0.29, 0.717) is 39.6 Å². The predicted molar refractivity (Wildman–Crippen MR) is 157 cm³/mol. The average Bonchev–Trinajstić information content (AvgIpc) is 3.25. The van der Waals surface area contributed by atoms with Gasteiger partial charge in [0, 0.05) is 0 Å². The predicted octanol–water partition coefficient (Wildman–Crippen LogP) is 3.78. The van der Waals surface area contributed by atoms with E-state index in [1.165, 1.54) is 0 Å². The minimum atomic E-state index is -0.412. The van der Waals surface area contributed by atoms with E-state index in [1.807, 2.05) is 104 Å². The van der Waals surface area contributed by atoms with Crippen molar-refractivity contribution in [3.05, 3.63) is 48.5 Å². The van der Waals surface area contributed by atoms with E-state index in [-0.39, 0.29) is 22.4 Å². The molecule has 2 saturated heterocycles. The Labute approximate surface area is 240 Å². The van der Waals surface area contributed by atoms with Gasteiger partial charge < -0.3 is 37.6 Å². The normalized spacial score (nSPS) is 20.6. The Morgan fingerprint density at radius 3 is 1.18 bits per heavy atom. The van der Waals surface area contributed by atoms with Crippen LogP contribution in [0.25, 0.3) is 0 Å². The molecule has 10 heteroatoms. The van der Waals surface area contributed by atoms with E-state index >= 15 is 0 Å². The van der Waals surface area contributed by atoms with Crippen molar-refractivity contribution in [3.8, 4) is 11.5 Å². The monoisotopic (exact) mass is 554 g/mol. The number of ether oxygens (including phenoxy) is 4. The van der Waals surface area contributed by atoms with E-state index < -0.39 is 14.2 Å². The summed E-state index contributed by atoms with van der Waals surface area (Å²) in [7, 11) is -0.824. The molecule has 0 spiro atoms. The second-order valence-electron chi connectivity index (χ2n) is 12.2. The van der Waals surface area contributed by atoms with Gasteiger partial charge in [-0.3, -0.25) is 0 Å². The molecule has 0 bridgehead atoms. The standard InChI is InChI=1S/C30H44B2O8/c1-27(2)28(3,4)38-31(37-27)23-11-9-13-25(21-23)35-19-17-33-15-16-34-18-20-36-26-14-10-12-24(22-26)32-39-29(5,6)30(7,8)40-32/h9-14,21-22H,15-20H2,1-8H3. The molecule has 0 saturated carbocycles. The summed E-state index contributed by atoms with van der Waals surface area (Å²) in [4.78, 5) is 0. The molecule has 2 aromatic carbocycles. The van der Waals surface area contributed by atoms with Crippen LogP contribution in [-0.2, 0) is 28.1 Å². The highest BCUT2D eigenvalue weighted by atomic mass is 16.7. The second-order valence-corrected chi connectivity index (χ2v) is 12.2. The maximum Gasteiger partial charge on any atom is 0.494 e. The Kier molecular flexibility index (Phi) is 9.60. The quantitative estimate of drug-likeness (QED) is 0.274. The van der Waals surface area contributed by atoms with Crippen molar-refractivity contribution in [1.82, 2.24) is 0 Å². The van der Waals surface area contributed by atoms with Crippen LogP contribution < -0.4 is 20.4 Å². The van der Waals surface area contributed by atoms with Gasteiger partial charge >= 0.3 is 14.2 Å². The first-order valence-corrected chi connectivity index (χ1v) is 14.1. The van der Waals surface area contributed by atoms with Gasteiger partial charge in [0.2, 0.25) is 0 Å². The fraction of sp³-hybridized carbons (Fsp3) is 0.600. The molecule has 0 amide bonds. The van der Waals surface area contributed by atoms with Gasteiger partial charge in [0.1, 0.15) is 24.7 Å². The lowest BCUT2D eigenvalue weighted by Gasteiger charge is -2.32. The molecule has 8 nitrogen and oxygen atoms in total. The van der Waals surface area contributed by atoms with Crippen LogP contribution in [-0.4, -0.2) is 76.3 Å². The van der Waals surface area contributed by atoms with Crippen molar-refractivity contribution >= 4 is 25.2 Å². The zero-order valence-corrected chi connectivity index (χ0v) is 25.3. The minimum absolute atomic E-state index is 0.378. The van der Waals surface area contributed by atoms with E-state index in [2.05, 4.69) is 0 Å². The summed E-state index contributed by atoms with van der Waals surface area (Å²) in [6.45, 7) is 19.1. The Morgan fingerprint density at radius 2 is 0.825 bits per heavy atom. The Balaban J connectivity index is 1.07. The Bertz CT molecular complexity index is 1000. The van der Waals surface area contributed by atoms with Gasteiger partial charge in [-0.1, -0.05) is 24.3 Å². The molecule has 0 aromatic heterocycles. The number of rotatable bonds is 13. The van der Waals surface area contributed by atoms with Crippen LogP contribution in [0.5, 0.6) is 11.5 Å². The summed E-state index contributed by atoms with van der Waals surface area (Å²) in [5.74, 6) is 1.51. The van der Waals surface area contributed by atoms with Gasteiger partial charge in [-0.25, -0.2) is 0 Å². The highest BCUT2D eigenvalue weighted by Gasteiger charge is 2.52. The number of benzene rings is 2. The lowest BCUT2D eigenvalue weighted by molar-refractivity contribution is 0.00578. The fourth-order valence-electron chi connectivity index (χ4n) is 4.22. The molecule has 4 rings (SSSR count). The molecule has 0 aliphatic carbocycles. The van der Waals surface area contributed by atoms with E-state index in [0.717, 1.165) is 22.4 Å². The van der Waals surface area contributed by atoms with Crippen LogP contribution in [0.3, 0.4) is 0 Å². The first kappa shape index (κ1) is 30.9. The van der Waals surface area contributed by atoms with Crippen LogP contribution >= 0.6 is 0 Å². The zero-order chi connectivity index (χ0) is 29.0. The lowest BCUT2D eigenvalue weighted by Crippen LogP contribution is -2.41. The van der Waals surface area contributed by atoms with Gasteiger partial charge in [-0.05, 0) is 90.6 Å². The van der Waals surface area contributed by atoms with Gasteiger partial charge in [-0.15, -0.1) is 0 Å². The topological polar surface area (TPSA) is 73.8 Å². The molecule has 2 heterocycles. The van der Waals surface area contributed by atoms with Crippen LogP contribution in [0.15, 0.2) is 48.5 Å². The summed E-state index contributed by atoms with van der Waals surface area (Å²) >= 11 is 0. The third-order valence-electron chi connectivity index (χ3n) is 8.13. The smallest absolute Gasteiger partial charge is 0.491 e. The van der Waals surface area contributed by atoms with Crippen LogP contribution in [0.4, 0.5) is 0 Å². The molecule has 40 heavy (non-hydrogen) atoms. The van der Waals surface area contributed by atoms with Gasteiger partial charge in [-0.2, -0.15) is 0 Å². The molecular formula is C30H44B2O8. The average molecular weight is 554 g/mol. The van der Waals surface area contributed by atoms with E-state index in [4.69, 9.17) is 37.6 Å². The van der Waals surface area contributed by atoms with Gasteiger partial charge in [0.15, 0.2) is 0 Å². The molecule has 2 aliphatic heterocycles. The lowest BCUT2D eigenvalue weighted by atomic mass is 9.79. The first-order chi connectivity index (χ1) is 18.8. The largest absolute Gasteiger partial charge is 0.494 e. The molecule has 0 radical (unpaired) electrons. The van der Waals surface area contributed by atoms with E-state index in [1.54, 1.807) is 0 Å². The molecule has 0 unspecified atom stereocenters. The molecular weight excluding hydrogens is 510 g/mol. The van der Waals surface area contributed by atoms with Crippen LogP contribution in [0.2, 0.25) is 0 Å². The Morgan fingerprint density at radius 1 is 0.500 bits per heavy atom. The van der Waals surface area contributed by atoms with Crippen LogP contribution in [0.1, 0.15) is 55.4 Å². The van der Waals surface area contributed by atoms with Crippen molar-refractivity contribution in [1.29, 1.82) is 0 Å². The van der Waals surface area contributed by atoms with Crippen molar-refractivity contribution in [2.45, 2.75) is 77.8 Å². The maximum atomic E-state index is 6.13. The van der Waals surface area contributed by atoms with Crippen molar-refractivity contribution in [3.63, 3.8) is 0 Å². The second kappa shape index (κ2) is 12.4. The molecule has 0 N–H and O–H groups in total. The maximum absolute atomic E-state index is 6.13. The molecule has 2 fully saturated rings. The summed E-state index contributed by atoms with van der Waals surface area (Å²) in [5, 5.41) is 0. The molecule has 218 valence electrons. The highest BCUT2D eigenvalue weighted by molar-refractivity contribution is 6.62. The fourth-order valence-corrected chi connectivity index (χ4v) is 4.22. The third-order valence-corrected chi connectivity index (χ3v) is 8.13. The summed E-state index contributed by atoms with van der Waals surface area (Å²) in [6.07, 6.45) is 0. The zero-order valence-electron chi connectivity index (χ0n) is 25.3. The third kappa shape index (κ3) is 7.41. The molecule has 2 aliphatic rings. The summed E-state index contributed by atoms with van der Waals surface area (Å²) < 4.78 is 47.5. The van der Waals surface area contributed by atoms with Gasteiger partial charge in [0.05, 0.1) is 48.8 Å². The SMILES string of the molecule is CC1(C)OB(c2cccc(OCCOCCOCCOc3cccc(B4OC(C)(C)C(C)(C)O4)c3)c2)OC1(C)C. The van der Waals surface area contributed by atoms with Crippen molar-refractivity contribution in [2.75, 3.05) is 39.6 Å². The number of hydrogen-bond acceptors (Lipinski definition) is 8.